The second kappa shape index (κ2) is 11.9. The average Bonchev–Trinajstić information content (AvgIpc) is 2.73. The van der Waals surface area contributed by atoms with Crippen LogP contribution in [0.3, 0.4) is 0 Å². The van der Waals surface area contributed by atoms with E-state index in [1.54, 1.807) is 0 Å². The molecule has 1 aliphatic rings. The molecule has 7 nitrogen and oxygen atoms in total. The number of aldehydes is 1. The second-order valence-corrected chi connectivity index (χ2v) is 9.91. The summed E-state index contributed by atoms with van der Waals surface area (Å²) in [5.41, 5.74) is 0.101. The molecule has 0 amide bonds. The molecule has 31 heavy (non-hydrogen) atoms. The summed E-state index contributed by atoms with van der Waals surface area (Å²) in [5.74, 6) is -2.67. The van der Waals surface area contributed by atoms with Crippen molar-refractivity contribution < 1.29 is 32.3 Å². The molecule has 0 spiro atoms. The van der Waals surface area contributed by atoms with Gasteiger partial charge in [0.2, 0.25) is 0 Å². The van der Waals surface area contributed by atoms with Crippen LogP contribution in [0.1, 0.15) is 54.4 Å². The normalized spacial score (nSPS) is 17.8. The predicted molar refractivity (Wildman–Crippen MR) is 117 cm³/mol. The minimum Gasteiger partial charge on any atom is -0.376 e. The zero-order valence-corrected chi connectivity index (χ0v) is 19.0. The van der Waals surface area contributed by atoms with Crippen molar-refractivity contribution in [1.82, 2.24) is 0 Å². The molecule has 1 fully saturated rings. The number of hydrogen-bond acceptors (Lipinski definition) is 7. The molecule has 1 saturated heterocycles. The third kappa shape index (κ3) is 7.24. The number of carbonyl (C=O) groups is 3. The molecule has 0 saturated carbocycles. The fourth-order valence-corrected chi connectivity index (χ4v) is 4.63. The predicted octanol–water partition coefficient (Wildman–Crippen LogP) is 2.91. The number of rotatable bonds is 12. The molecule has 0 bridgehead atoms. The van der Waals surface area contributed by atoms with Crippen LogP contribution in [0.15, 0.2) is 17.0 Å². The maximum atomic E-state index is 12.8. The van der Waals surface area contributed by atoms with Gasteiger partial charge >= 0.3 is 0 Å². The van der Waals surface area contributed by atoms with Crippen LogP contribution in [0.4, 0.5) is 0 Å². The summed E-state index contributed by atoms with van der Waals surface area (Å²) < 4.78 is 35.7. The van der Waals surface area contributed by atoms with Gasteiger partial charge < -0.3 is 14.3 Å². The Bertz CT molecular complexity index is 911. The number of sulfone groups is 1. The van der Waals surface area contributed by atoms with Crippen molar-refractivity contribution in [2.45, 2.75) is 61.9 Å². The van der Waals surface area contributed by atoms with Crippen molar-refractivity contribution in [1.29, 1.82) is 0 Å². The van der Waals surface area contributed by atoms with Crippen LogP contribution in [0.5, 0.6) is 0 Å². The fourth-order valence-electron chi connectivity index (χ4n) is 3.34. The Hall–Kier alpha value is -1.55. The molecule has 2 radical (unpaired) electrons. The van der Waals surface area contributed by atoms with Gasteiger partial charge in [0.15, 0.2) is 15.6 Å². The lowest BCUT2D eigenvalue weighted by atomic mass is 9.76. The van der Waals surface area contributed by atoms with Crippen molar-refractivity contribution in [3.63, 3.8) is 0 Å². The van der Waals surface area contributed by atoms with Gasteiger partial charge in [-0.05, 0) is 37.8 Å². The highest BCUT2D eigenvalue weighted by atomic mass is 35.5. The smallest absolute Gasteiger partial charge is 0.175 e. The molecule has 1 aromatic rings. The number of hydrogen-bond donors (Lipinski definition) is 0. The summed E-state index contributed by atoms with van der Waals surface area (Å²) in [4.78, 5) is 35.3. The Morgan fingerprint density at radius 1 is 1.35 bits per heavy atom. The van der Waals surface area contributed by atoms with E-state index in [1.165, 1.54) is 12.1 Å². The SMILES string of the molecule is [B]C(C(=O)CCCC=O)C(=O)c1ccc(S(C)(=O)=O)c(COCC2CCCCO2)c1Cl. The van der Waals surface area contributed by atoms with Crippen molar-refractivity contribution in [3.05, 3.63) is 28.3 Å². The first kappa shape index (κ1) is 25.7. The lowest BCUT2D eigenvalue weighted by Crippen LogP contribution is -2.24. The zero-order valence-electron chi connectivity index (χ0n) is 17.5. The van der Waals surface area contributed by atoms with E-state index in [1.807, 2.05) is 0 Å². The molecule has 10 heteroatoms. The molecule has 0 aromatic heterocycles. The summed E-state index contributed by atoms with van der Waals surface area (Å²) >= 11 is 6.40. The van der Waals surface area contributed by atoms with Crippen LogP contribution >= 0.6 is 11.6 Å². The monoisotopic (exact) mass is 468 g/mol. The van der Waals surface area contributed by atoms with E-state index >= 15 is 0 Å². The highest BCUT2D eigenvalue weighted by Crippen LogP contribution is 2.31. The average molecular weight is 469 g/mol. The zero-order chi connectivity index (χ0) is 23.0. The number of ether oxygens (including phenoxy) is 2. The third-order valence-corrected chi connectivity index (χ3v) is 6.68. The van der Waals surface area contributed by atoms with Crippen LogP contribution in [0, 0.1) is 0 Å². The second-order valence-electron chi connectivity index (χ2n) is 7.55. The largest absolute Gasteiger partial charge is 0.376 e. The minimum absolute atomic E-state index is 0.0119. The van der Waals surface area contributed by atoms with E-state index in [4.69, 9.17) is 28.9 Å². The fraction of sp³-hybridized carbons (Fsp3) is 0.571. The first-order valence-corrected chi connectivity index (χ1v) is 12.4. The minimum atomic E-state index is -3.64. The van der Waals surface area contributed by atoms with E-state index < -0.39 is 27.2 Å². The van der Waals surface area contributed by atoms with Crippen molar-refractivity contribution in [2.75, 3.05) is 19.5 Å². The number of ketones is 2. The Morgan fingerprint density at radius 3 is 2.71 bits per heavy atom. The summed E-state index contributed by atoms with van der Waals surface area (Å²) in [5, 5.41) is -0.103. The Balaban J connectivity index is 2.22. The maximum Gasteiger partial charge on any atom is 0.175 e. The van der Waals surface area contributed by atoms with Gasteiger partial charge in [-0.3, -0.25) is 9.59 Å². The van der Waals surface area contributed by atoms with E-state index in [0.29, 0.717) is 19.3 Å². The first-order valence-electron chi connectivity index (χ1n) is 10.1. The molecule has 2 rings (SSSR count). The van der Waals surface area contributed by atoms with Gasteiger partial charge in [0.1, 0.15) is 12.1 Å². The van der Waals surface area contributed by atoms with Gasteiger partial charge in [0.25, 0.3) is 0 Å². The van der Waals surface area contributed by atoms with Crippen molar-refractivity contribution in [2.24, 2.45) is 0 Å². The van der Waals surface area contributed by atoms with E-state index in [0.717, 1.165) is 25.5 Å². The first-order chi connectivity index (χ1) is 14.7. The van der Waals surface area contributed by atoms with E-state index in [9.17, 15) is 22.8 Å². The van der Waals surface area contributed by atoms with E-state index in [2.05, 4.69) is 0 Å². The summed E-state index contributed by atoms with van der Waals surface area (Å²) in [6.07, 6.45) is 5.02. The molecule has 1 aliphatic heterocycles. The van der Waals surface area contributed by atoms with Crippen molar-refractivity contribution >= 4 is 47.1 Å². The number of Topliss-reactive ketones (excluding diaryl/α,β-unsaturated/α-hetero) is 2. The summed E-state index contributed by atoms with van der Waals surface area (Å²) in [6, 6.07) is 2.53. The van der Waals surface area contributed by atoms with Gasteiger partial charge in [-0.2, -0.15) is 0 Å². The van der Waals surface area contributed by atoms with Gasteiger partial charge in [0, 0.05) is 42.6 Å². The highest BCUT2D eigenvalue weighted by molar-refractivity contribution is 7.90. The molecule has 1 aromatic carbocycles. The third-order valence-electron chi connectivity index (χ3n) is 5.06. The van der Waals surface area contributed by atoms with E-state index in [-0.39, 0.29) is 53.2 Å². The topological polar surface area (TPSA) is 104 Å². The van der Waals surface area contributed by atoms with Crippen LogP contribution in [0.25, 0.3) is 0 Å². The number of halogens is 1. The molecule has 2 atom stereocenters. The van der Waals surface area contributed by atoms with Gasteiger partial charge in [0.05, 0.1) is 37.1 Å². The van der Waals surface area contributed by atoms with Gasteiger partial charge in [-0.25, -0.2) is 8.42 Å². The number of carbonyl (C=O) groups excluding carboxylic acids is 3. The standard InChI is InChI=1S/C21H26BClO7S/c1-31(27,28)18-9-8-15(21(26)19(22)17(25)7-2-4-10-24)20(23)16(18)13-29-12-14-6-3-5-11-30-14/h8-10,14,19H,2-7,11-13H2,1H3. The van der Waals surface area contributed by atoms with Crippen LogP contribution in [0.2, 0.25) is 10.8 Å². The molecular weight excluding hydrogens is 443 g/mol. The Morgan fingerprint density at radius 2 is 2.10 bits per heavy atom. The number of unbranched alkanes of at least 4 members (excludes halogenated alkanes) is 1. The molecular formula is C21H26BClO7S. The summed E-state index contributed by atoms with van der Waals surface area (Å²) in [7, 11) is 2.16. The van der Waals surface area contributed by atoms with Crippen LogP contribution in [-0.4, -0.2) is 59.7 Å². The quantitative estimate of drug-likeness (QED) is 0.153. The lowest BCUT2D eigenvalue weighted by molar-refractivity contribution is -0.118. The summed E-state index contributed by atoms with van der Waals surface area (Å²) in [6.45, 7) is 0.795. The Kier molecular flexibility index (Phi) is 9.87. The maximum absolute atomic E-state index is 12.8. The van der Waals surface area contributed by atoms with Crippen LogP contribution < -0.4 is 0 Å². The highest BCUT2D eigenvalue weighted by Gasteiger charge is 2.27. The lowest BCUT2D eigenvalue weighted by Gasteiger charge is -2.23. The molecule has 1 heterocycles. The van der Waals surface area contributed by atoms with Gasteiger partial charge in [-0.1, -0.05) is 11.6 Å². The Labute approximate surface area is 189 Å². The number of benzene rings is 1. The molecule has 2 unspecified atom stereocenters. The molecule has 168 valence electrons. The van der Waals surface area contributed by atoms with Gasteiger partial charge in [-0.15, -0.1) is 0 Å². The van der Waals surface area contributed by atoms with Crippen LogP contribution in [-0.2, 0) is 35.5 Å². The molecule has 0 N–H and O–H groups in total. The molecule has 0 aliphatic carbocycles. The van der Waals surface area contributed by atoms with Crippen molar-refractivity contribution in [3.8, 4) is 0 Å².